The van der Waals surface area contributed by atoms with Gasteiger partial charge in [-0.3, -0.25) is 4.98 Å². The highest BCUT2D eigenvalue weighted by Crippen LogP contribution is 2.31. The van der Waals surface area contributed by atoms with Gasteiger partial charge < -0.3 is 5.73 Å². The van der Waals surface area contributed by atoms with E-state index in [-0.39, 0.29) is 5.56 Å². The van der Waals surface area contributed by atoms with Gasteiger partial charge in [-0.05, 0) is 23.6 Å². The van der Waals surface area contributed by atoms with Crippen LogP contribution in [0.25, 0.3) is 0 Å². The van der Waals surface area contributed by atoms with Gasteiger partial charge in [0.15, 0.2) is 0 Å². The number of rotatable bonds is 2. The molecule has 5 heteroatoms. The zero-order valence-corrected chi connectivity index (χ0v) is 7.67. The molecule has 0 fully saturated rings. The highest BCUT2D eigenvalue weighted by molar-refractivity contribution is 5.27. The molecule has 0 saturated heterocycles. The predicted molar refractivity (Wildman–Crippen MR) is 46.6 cm³/mol. The number of nitrogens with zero attached hydrogens (tertiary/aromatic N) is 1. The zero-order chi connectivity index (χ0) is 10.8. The summed E-state index contributed by atoms with van der Waals surface area (Å²) in [6.45, 7) is 1.78. The molecule has 0 aliphatic rings. The van der Waals surface area contributed by atoms with Crippen LogP contribution in [0.3, 0.4) is 0 Å². The van der Waals surface area contributed by atoms with Crippen LogP contribution in [0, 0.1) is 0 Å². The van der Waals surface area contributed by atoms with Gasteiger partial charge in [0.1, 0.15) is 6.04 Å². The van der Waals surface area contributed by atoms with Crippen LogP contribution in [-0.4, -0.2) is 11.2 Å². The van der Waals surface area contributed by atoms with E-state index in [0.717, 1.165) is 0 Å². The molecule has 0 unspecified atom stereocenters. The Balaban J connectivity index is 3.06. The summed E-state index contributed by atoms with van der Waals surface area (Å²) in [6, 6.07) is -0.382. The Hall–Kier alpha value is -1.10. The van der Waals surface area contributed by atoms with Gasteiger partial charge in [-0.15, -0.1) is 0 Å². The lowest BCUT2D eigenvalue weighted by Crippen LogP contribution is -2.29. The topological polar surface area (TPSA) is 38.9 Å². The van der Waals surface area contributed by atoms with E-state index in [1.165, 1.54) is 12.4 Å². The molecule has 0 aliphatic carbocycles. The van der Waals surface area contributed by atoms with E-state index in [0.29, 0.717) is 12.0 Å². The third-order valence-electron chi connectivity index (χ3n) is 2.01. The molecule has 0 bridgehead atoms. The third-order valence-corrected chi connectivity index (χ3v) is 2.01. The molecule has 0 saturated carbocycles. The predicted octanol–water partition coefficient (Wildman–Crippen LogP) is 2.21. The molecule has 78 valence electrons. The van der Waals surface area contributed by atoms with Crippen LogP contribution in [0.1, 0.15) is 24.1 Å². The summed E-state index contributed by atoms with van der Waals surface area (Å²) >= 11 is 0. The fourth-order valence-corrected chi connectivity index (χ4v) is 1.21. The van der Waals surface area contributed by atoms with Crippen LogP contribution in [0.15, 0.2) is 18.5 Å². The minimum absolute atomic E-state index is 0.0579. The second-order valence-corrected chi connectivity index (χ2v) is 2.95. The van der Waals surface area contributed by atoms with Crippen molar-refractivity contribution in [3.8, 4) is 0 Å². The fourth-order valence-electron chi connectivity index (χ4n) is 1.21. The van der Waals surface area contributed by atoms with Crippen molar-refractivity contribution in [2.45, 2.75) is 25.6 Å². The fraction of sp³-hybridized carbons (Fsp3) is 0.444. The van der Waals surface area contributed by atoms with Crippen molar-refractivity contribution < 1.29 is 13.2 Å². The van der Waals surface area contributed by atoms with Gasteiger partial charge in [0.25, 0.3) is 0 Å². The number of aryl methyl sites for hydroxylation is 1. The Labute approximate surface area is 79.9 Å². The molecule has 2 N–H and O–H groups in total. The molecule has 1 atom stereocenters. The van der Waals surface area contributed by atoms with Crippen LogP contribution in [0.4, 0.5) is 13.2 Å². The van der Waals surface area contributed by atoms with Crippen molar-refractivity contribution in [2.75, 3.05) is 0 Å². The van der Waals surface area contributed by atoms with E-state index >= 15 is 0 Å². The normalized spacial score (nSPS) is 14.1. The lowest BCUT2D eigenvalue weighted by molar-refractivity contribution is -0.149. The zero-order valence-electron chi connectivity index (χ0n) is 7.67. The lowest BCUT2D eigenvalue weighted by atomic mass is 10.0. The average Bonchev–Trinajstić information content (AvgIpc) is 2.15. The molecule has 0 aromatic carbocycles. The van der Waals surface area contributed by atoms with Gasteiger partial charge in [0, 0.05) is 12.4 Å². The molecule has 0 radical (unpaired) electrons. The van der Waals surface area contributed by atoms with E-state index in [9.17, 15) is 13.2 Å². The first-order valence-corrected chi connectivity index (χ1v) is 4.22. The highest BCUT2D eigenvalue weighted by Gasteiger charge is 2.38. The molecule has 0 aliphatic heterocycles. The summed E-state index contributed by atoms with van der Waals surface area (Å²) in [5.41, 5.74) is 5.73. The molecule has 1 rings (SSSR count). The maximum absolute atomic E-state index is 12.3. The molecule has 14 heavy (non-hydrogen) atoms. The number of aromatic nitrogens is 1. The van der Waals surface area contributed by atoms with Gasteiger partial charge in [0.05, 0.1) is 0 Å². The van der Waals surface area contributed by atoms with Gasteiger partial charge in [-0.2, -0.15) is 13.2 Å². The van der Waals surface area contributed by atoms with Crippen molar-refractivity contribution in [2.24, 2.45) is 5.73 Å². The Kier molecular flexibility index (Phi) is 3.10. The number of pyridine rings is 1. The summed E-state index contributed by atoms with van der Waals surface area (Å²) in [4.78, 5) is 3.65. The summed E-state index contributed by atoms with van der Waals surface area (Å²) in [5.74, 6) is 0. The molecule has 1 heterocycles. The van der Waals surface area contributed by atoms with Crippen LogP contribution in [0.5, 0.6) is 0 Å². The van der Waals surface area contributed by atoms with Crippen LogP contribution in [0.2, 0.25) is 0 Å². The average molecular weight is 204 g/mol. The largest absolute Gasteiger partial charge is 0.407 e. The highest BCUT2D eigenvalue weighted by atomic mass is 19.4. The number of nitrogens with two attached hydrogens (primary N) is 1. The summed E-state index contributed by atoms with van der Waals surface area (Å²) < 4.78 is 36.9. The van der Waals surface area contributed by atoms with E-state index in [2.05, 4.69) is 4.98 Å². The first-order chi connectivity index (χ1) is 6.46. The third kappa shape index (κ3) is 2.23. The van der Waals surface area contributed by atoms with Gasteiger partial charge in [-0.1, -0.05) is 6.92 Å². The Morgan fingerprint density at radius 2 is 2.14 bits per heavy atom. The maximum atomic E-state index is 12.3. The number of halogens is 3. The maximum Gasteiger partial charge on any atom is 0.407 e. The van der Waals surface area contributed by atoms with Crippen molar-refractivity contribution in [1.29, 1.82) is 0 Å². The molecular weight excluding hydrogens is 193 g/mol. The van der Waals surface area contributed by atoms with Gasteiger partial charge in [0.2, 0.25) is 0 Å². The van der Waals surface area contributed by atoms with E-state index < -0.39 is 12.2 Å². The SMILES string of the molecule is CCc1ccncc1[C@H](N)C(F)(F)F. The molecule has 2 nitrogen and oxygen atoms in total. The Bertz CT molecular complexity index is 309. The molecular formula is C9H11F3N2. The minimum atomic E-state index is -4.41. The Morgan fingerprint density at radius 1 is 1.50 bits per heavy atom. The first-order valence-electron chi connectivity index (χ1n) is 4.22. The van der Waals surface area contributed by atoms with Crippen LogP contribution in [-0.2, 0) is 6.42 Å². The van der Waals surface area contributed by atoms with E-state index in [4.69, 9.17) is 5.73 Å². The van der Waals surface area contributed by atoms with Gasteiger partial charge in [-0.25, -0.2) is 0 Å². The van der Waals surface area contributed by atoms with Crippen molar-refractivity contribution in [3.63, 3.8) is 0 Å². The lowest BCUT2D eigenvalue weighted by Gasteiger charge is -2.17. The molecule has 1 aromatic heterocycles. The minimum Gasteiger partial charge on any atom is -0.316 e. The van der Waals surface area contributed by atoms with Gasteiger partial charge >= 0.3 is 6.18 Å². The summed E-state index contributed by atoms with van der Waals surface area (Å²) in [7, 11) is 0. The first kappa shape index (κ1) is 11.0. The van der Waals surface area contributed by atoms with Crippen LogP contribution >= 0.6 is 0 Å². The summed E-state index contributed by atoms with van der Waals surface area (Å²) in [6.07, 6.45) is -1.25. The van der Waals surface area contributed by atoms with E-state index in [1.807, 2.05) is 0 Å². The Morgan fingerprint density at radius 3 is 2.64 bits per heavy atom. The second kappa shape index (κ2) is 3.96. The molecule has 0 amide bonds. The molecule has 0 spiro atoms. The summed E-state index contributed by atoms with van der Waals surface area (Å²) in [5, 5.41) is 0. The van der Waals surface area contributed by atoms with Crippen LogP contribution < -0.4 is 5.73 Å². The molecule has 1 aromatic rings. The number of hydrogen-bond donors (Lipinski definition) is 1. The van der Waals surface area contributed by atoms with Crippen molar-refractivity contribution in [1.82, 2.24) is 4.98 Å². The monoisotopic (exact) mass is 204 g/mol. The standard InChI is InChI=1S/C9H11F3N2/c1-2-6-3-4-14-5-7(6)8(13)9(10,11)12/h3-5,8H,2,13H2,1H3/t8-/m0/s1. The van der Waals surface area contributed by atoms with Crippen molar-refractivity contribution in [3.05, 3.63) is 29.6 Å². The quantitative estimate of drug-likeness (QED) is 0.802. The number of hydrogen-bond acceptors (Lipinski definition) is 2. The number of alkyl halides is 3. The van der Waals surface area contributed by atoms with E-state index in [1.54, 1.807) is 13.0 Å². The smallest absolute Gasteiger partial charge is 0.316 e. The second-order valence-electron chi connectivity index (χ2n) is 2.95. The van der Waals surface area contributed by atoms with Crippen molar-refractivity contribution >= 4 is 0 Å².